The average Bonchev–Trinajstić information content (AvgIpc) is 3.00. The van der Waals surface area contributed by atoms with Gasteiger partial charge in [0.15, 0.2) is 5.69 Å². The monoisotopic (exact) mass is 286 g/mol. The van der Waals surface area contributed by atoms with Gasteiger partial charge in [0.05, 0.1) is 18.6 Å². The predicted molar refractivity (Wildman–Crippen MR) is 75.4 cm³/mol. The summed E-state index contributed by atoms with van der Waals surface area (Å²) in [4.78, 5) is 21.5. The van der Waals surface area contributed by atoms with Crippen molar-refractivity contribution >= 4 is 5.91 Å². The molecule has 7 heteroatoms. The van der Waals surface area contributed by atoms with E-state index >= 15 is 0 Å². The number of amides is 1. The quantitative estimate of drug-likeness (QED) is 0.858. The molecule has 7 nitrogen and oxygen atoms in total. The lowest BCUT2D eigenvalue weighted by Crippen LogP contribution is -2.33. The number of hydrogen-bond donors (Lipinski definition) is 2. The summed E-state index contributed by atoms with van der Waals surface area (Å²) in [6.07, 6.45) is 5.73. The van der Waals surface area contributed by atoms with Gasteiger partial charge in [-0.05, 0) is 18.9 Å². The van der Waals surface area contributed by atoms with Crippen LogP contribution >= 0.6 is 0 Å². The largest absolute Gasteiger partial charge is 0.348 e. The minimum atomic E-state index is -0.0421. The molecule has 2 N–H and O–H groups in total. The number of aromatic nitrogens is 4. The first kappa shape index (κ1) is 12.6. The van der Waals surface area contributed by atoms with Crippen LogP contribution in [0, 0.1) is 0 Å². The van der Waals surface area contributed by atoms with Crippen molar-refractivity contribution in [2.45, 2.75) is 38.5 Å². The fraction of sp³-hybridized carbons (Fsp3) is 0.500. The molecule has 0 bridgehead atoms. The molecule has 0 aromatic carbocycles. The summed E-state index contributed by atoms with van der Waals surface area (Å²) in [6, 6.07) is 2.28. The predicted octanol–water partition coefficient (Wildman–Crippen LogP) is 0.514. The lowest BCUT2D eigenvalue weighted by molar-refractivity contribution is 0.0945. The van der Waals surface area contributed by atoms with Gasteiger partial charge in [-0.3, -0.25) is 14.4 Å². The molecule has 0 radical (unpaired) electrons. The Bertz CT molecular complexity index is 642. The summed E-state index contributed by atoms with van der Waals surface area (Å²) in [6.45, 7) is 3.40. The second-order valence-electron chi connectivity index (χ2n) is 5.78. The minimum Gasteiger partial charge on any atom is -0.348 e. The molecule has 1 amide bonds. The Morgan fingerprint density at radius 2 is 2.33 bits per heavy atom. The van der Waals surface area contributed by atoms with Gasteiger partial charge in [-0.1, -0.05) is 0 Å². The molecule has 0 saturated heterocycles. The van der Waals surface area contributed by atoms with Gasteiger partial charge in [0.25, 0.3) is 5.91 Å². The molecule has 0 atom stereocenters. The number of hydrogen-bond acceptors (Lipinski definition) is 4. The summed E-state index contributed by atoms with van der Waals surface area (Å²) in [5.41, 5.74) is 2.75. The summed E-state index contributed by atoms with van der Waals surface area (Å²) >= 11 is 0. The molecule has 110 valence electrons. The van der Waals surface area contributed by atoms with Gasteiger partial charge >= 0.3 is 0 Å². The molecule has 1 saturated carbocycles. The van der Waals surface area contributed by atoms with E-state index in [1.54, 1.807) is 6.33 Å². The molecule has 2 aliphatic rings. The van der Waals surface area contributed by atoms with Crippen LogP contribution in [0.2, 0.25) is 0 Å². The van der Waals surface area contributed by atoms with Gasteiger partial charge in [0.2, 0.25) is 0 Å². The van der Waals surface area contributed by atoms with Crippen LogP contribution in [0.5, 0.6) is 0 Å². The number of nitrogens with zero attached hydrogens (tertiary/aromatic N) is 4. The van der Waals surface area contributed by atoms with Crippen LogP contribution in [0.25, 0.3) is 0 Å². The van der Waals surface area contributed by atoms with Crippen molar-refractivity contribution in [2.75, 3.05) is 6.54 Å². The van der Waals surface area contributed by atoms with Gasteiger partial charge < -0.3 is 10.3 Å². The van der Waals surface area contributed by atoms with E-state index in [-0.39, 0.29) is 5.91 Å². The second kappa shape index (κ2) is 5.00. The molecule has 2 aromatic rings. The Kier molecular flexibility index (Phi) is 2.99. The van der Waals surface area contributed by atoms with Gasteiger partial charge in [-0.25, -0.2) is 4.98 Å². The van der Waals surface area contributed by atoms with Gasteiger partial charge in [0, 0.05) is 37.6 Å². The summed E-state index contributed by atoms with van der Waals surface area (Å²) in [7, 11) is 0. The maximum atomic E-state index is 12.0. The first-order valence-electron chi connectivity index (χ1n) is 7.35. The highest BCUT2D eigenvalue weighted by Crippen LogP contribution is 2.20. The third-order valence-electron chi connectivity index (χ3n) is 3.97. The first-order valence-corrected chi connectivity index (χ1v) is 7.35. The highest BCUT2D eigenvalue weighted by molar-refractivity contribution is 5.92. The van der Waals surface area contributed by atoms with E-state index in [4.69, 9.17) is 0 Å². The highest BCUT2D eigenvalue weighted by Gasteiger charge is 2.26. The third-order valence-corrected chi connectivity index (χ3v) is 3.97. The second-order valence-corrected chi connectivity index (χ2v) is 5.78. The lowest BCUT2D eigenvalue weighted by Gasteiger charge is -2.26. The molecule has 1 aliphatic carbocycles. The summed E-state index contributed by atoms with van der Waals surface area (Å²) < 4.78 is 1.95. The van der Waals surface area contributed by atoms with Crippen molar-refractivity contribution in [3.05, 3.63) is 35.7 Å². The fourth-order valence-corrected chi connectivity index (χ4v) is 2.67. The van der Waals surface area contributed by atoms with Crippen molar-refractivity contribution in [1.82, 2.24) is 30.0 Å². The number of aromatic amines is 1. The number of H-pyrrole nitrogens is 1. The molecule has 21 heavy (non-hydrogen) atoms. The van der Waals surface area contributed by atoms with Gasteiger partial charge in [0.1, 0.15) is 0 Å². The Morgan fingerprint density at radius 3 is 3.10 bits per heavy atom. The average molecular weight is 286 g/mol. The summed E-state index contributed by atoms with van der Waals surface area (Å²) in [5.74, 6) is -0.0421. The Balaban J connectivity index is 1.44. The number of fused-ring (bicyclic) bond motifs is 1. The number of imidazole rings is 1. The molecule has 1 aliphatic heterocycles. The van der Waals surface area contributed by atoms with E-state index in [9.17, 15) is 4.79 Å². The summed E-state index contributed by atoms with van der Waals surface area (Å²) in [5, 5.41) is 7.41. The van der Waals surface area contributed by atoms with Crippen molar-refractivity contribution < 1.29 is 4.79 Å². The molecule has 0 spiro atoms. The van der Waals surface area contributed by atoms with Crippen molar-refractivity contribution in [3.8, 4) is 0 Å². The van der Waals surface area contributed by atoms with Crippen LogP contribution in [0.1, 0.15) is 34.7 Å². The number of nitrogens with one attached hydrogen (secondary N) is 2. The van der Waals surface area contributed by atoms with E-state index in [0.717, 1.165) is 50.4 Å². The normalized spacial score (nSPS) is 18.5. The highest BCUT2D eigenvalue weighted by atomic mass is 16.2. The maximum absolute atomic E-state index is 12.0. The van der Waals surface area contributed by atoms with E-state index in [0.29, 0.717) is 11.7 Å². The van der Waals surface area contributed by atoms with Crippen LogP contribution in [0.3, 0.4) is 0 Å². The van der Waals surface area contributed by atoms with Crippen molar-refractivity contribution in [2.24, 2.45) is 0 Å². The van der Waals surface area contributed by atoms with Crippen LogP contribution < -0.4 is 5.32 Å². The first-order chi connectivity index (χ1) is 10.3. The number of carbonyl (C=O) groups is 1. The van der Waals surface area contributed by atoms with Crippen molar-refractivity contribution in [1.29, 1.82) is 0 Å². The Hall–Kier alpha value is -2.15. The van der Waals surface area contributed by atoms with E-state index in [2.05, 4.69) is 25.3 Å². The van der Waals surface area contributed by atoms with Gasteiger partial charge in [-0.15, -0.1) is 0 Å². The molecular weight excluding hydrogens is 268 g/mol. The van der Waals surface area contributed by atoms with Crippen LogP contribution in [-0.2, 0) is 19.6 Å². The molecular formula is C14H18N6O. The van der Waals surface area contributed by atoms with Crippen LogP contribution in [0.4, 0.5) is 0 Å². The van der Waals surface area contributed by atoms with Gasteiger partial charge in [-0.2, -0.15) is 5.10 Å². The van der Waals surface area contributed by atoms with E-state index < -0.39 is 0 Å². The van der Waals surface area contributed by atoms with E-state index in [1.807, 2.05) is 16.9 Å². The molecule has 3 heterocycles. The maximum Gasteiger partial charge on any atom is 0.272 e. The molecule has 0 unspecified atom stereocenters. The molecule has 1 fully saturated rings. The fourth-order valence-electron chi connectivity index (χ4n) is 2.67. The van der Waals surface area contributed by atoms with Crippen molar-refractivity contribution in [3.63, 3.8) is 0 Å². The zero-order chi connectivity index (χ0) is 14.2. The smallest absolute Gasteiger partial charge is 0.272 e. The number of rotatable bonds is 4. The molecule has 4 rings (SSSR count). The molecule has 2 aromatic heterocycles. The number of carbonyl (C=O) groups excluding carboxylic acids is 1. The lowest BCUT2D eigenvalue weighted by atomic mass is 10.2. The standard InChI is InChI=1S/C14H18N6O/c21-14(17-10-1-2-10)13-5-12-8-19(3-4-20(12)18-13)7-11-6-15-9-16-11/h5-6,9-10H,1-4,7-8H2,(H,15,16)(H,17,21). The Labute approximate surface area is 122 Å². The Morgan fingerprint density at radius 1 is 1.43 bits per heavy atom. The van der Waals surface area contributed by atoms with Crippen LogP contribution in [-0.4, -0.2) is 43.1 Å². The topological polar surface area (TPSA) is 78.8 Å². The van der Waals surface area contributed by atoms with E-state index in [1.165, 1.54) is 0 Å². The SMILES string of the molecule is O=C(NC1CC1)c1cc2n(n1)CCN(Cc1cnc[nH]1)C2. The van der Waals surface area contributed by atoms with Crippen LogP contribution in [0.15, 0.2) is 18.6 Å². The third kappa shape index (κ3) is 2.69. The minimum absolute atomic E-state index is 0.0421. The zero-order valence-electron chi connectivity index (χ0n) is 11.7. The zero-order valence-corrected chi connectivity index (χ0v) is 11.7.